The molecule has 25 heavy (non-hydrogen) atoms. The summed E-state index contributed by atoms with van der Waals surface area (Å²) in [5.41, 5.74) is 1.88. The van der Waals surface area contributed by atoms with E-state index in [0.717, 1.165) is 5.69 Å². The predicted molar refractivity (Wildman–Crippen MR) is 89.2 cm³/mol. The number of nitrogens with zero attached hydrogens (tertiary/aromatic N) is 3. The second-order valence-corrected chi connectivity index (χ2v) is 6.18. The quantitative estimate of drug-likeness (QED) is 0.924. The van der Waals surface area contributed by atoms with Gasteiger partial charge in [0, 0.05) is 13.1 Å². The fraction of sp³-hybridized carbons (Fsp3) is 0.389. The van der Waals surface area contributed by atoms with Gasteiger partial charge in [0.05, 0.1) is 29.1 Å². The lowest BCUT2D eigenvalue weighted by Gasteiger charge is -2.30. The van der Waals surface area contributed by atoms with Gasteiger partial charge in [0.2, 0.25) is 0 Å². The Hall–Kier alpha value is -2.70. The number of aromatic nitrogens is 2. The third-order valence-corrected chi connectivity index (χ3v) is 4.56. The van der Waals surface area contributed by atoms with Crippen molar-refractivity contribution in [2.24, 2.45) is 5.92 Å². The highest BCUT2D eigenvalue weighted by Gasteiger charge is 2.30. The SMILES string of the molecule is CCc1c(C(=O)N2CCC[C@H](C(=O)O)C2)cnn1-c1ccc(F)cc1. The molecule has 1 aromatic carbocycles. The highest BCUT2D eigenvalue weighted by molar-refractivity contribution is 5.95. The van der Waals surface area contributed by atoms with Gasteiger partial charge in [0.1, 0.15) is 5.82 Å². The van der Waals surface area contributed by atoms with Gasteiger partial charge in [-0.3, -0.25) is 9.59 Å². The van der Waals surface area contributed by atoms with Gasteiger partial charge < -0.3 is 10.0 Å². The minimum atomic E-state index is -0.866. The monoisotopic (exact) mass is 345 g/mol. The average molecular weight is 345 g/mol. The maximum absolute atomic E-state index is 13.1. The molecule has 0 radical (unpaired) electrons. The van der Waals surface area contributed by atoms with E-state index in [9.17, 15) is 19.1 Å². The number of amides is 1. The van der Waals surface area contributed by atoms with Crippen LogP contribution in [0.4, 0.5) is 4.39 Å². The van der Waals surface area contributed by atoms with Gasteiger partial charge in [-0.25, -0.2) is 9.07 Å². The van der Waals surface area contributed by atoms with Crippen molar-refractivity contribution in [3.05, 3.63) is 47.5 Å². The van der Waals surface area contributed by atoms with E-state index < -0.39 is 11.9 Å². The number of likely N-dealkylation sites (tertiary alicyclic amines) is 1. The van der Waals surface area contributed by atoms with E-state index >= 15 is 0 Å². The Kier molecular flexibility index (Phi) is 4.83. The summed E-state index contributed by atoms with van der Waals surface area (Å²) in [5, 5.41) is 13.5. The molecular formula is C18H20FN3O3. The van der Waals surface area contributed by atoms with Gasteiger partial charge in [0.15, 0.2) is 0 Å². The minimum absolute atomic E-state index is 0.198. The molecule has 0 bridgehead atoms. The van der Waals surface area contributed by atoms with Crippen molar-refractivity contribution in [3.8, 4) is 5.69 Å². The van der Waals surface area contributed by atoms with E-state index in [1.54, 1.807) is 21.7 Å². The molecule has 2 heterocycles. The summed E-state index contributed by atoms with van der Waals surface area (Å²) in [4.78, 5) is 25.7. The van der Waals surface area contributed by atoms with E-state index in [1.165, 1.54) is 18.3 Å². The summed E-state index contributed by atoms with van der Waals surface area (Å²) >= 11 is 0. The molecule has 1 aliphatic rings. The third-order valence-electron chi connectivity index (χ3n) is 4.56. The zero-order valence-corrected chi connectivity index (χ0v) is 14.0. The van der Waals surface area contributed by atoms with Gasteiger partial charge in [-0.1, -0.05) is 6.92 Å². The second kappa shape index (κ2) is 7.04. The maximum atomic E-state index is 13.1. The maximum Gasteiger partial charge on any atom is 0.308 e. The molecule has 0 spiro atoms. The Morgan fingerprint density at radius 1 is 1.32 bits per heavy atom. The summed E-state index contributed by atoms with van der Waals surface area (Å²) in [6.45, 7) is 2.69. The Labute approximate surface area is 144 Å². The zero-order valence-electron chi connectivity index (χ0n) is 14.0. The summed E-state index contributed by atoms with van der Waals surface area (Å²) in [6.07, 6.45) is 3.36. The fourth-order valence-corrected chi connectivity index (χ4v) is 3.23. The van der Waals surface area contributed by atoms with Crippen molar-refractivity contribution in [1.29, 1.82) is 0 Å². The molecule has 0 unspecified atom stereocenters. The molecule has 1 aliphatic heterocycles. The molecule has 1 fully saturated rings. The van der Waals surface area contributed by atoms with Gasteiger partial charge in [-0.2, -0.15) is 5.10 Å². The molecule has 1 amide bonds. The Balaban J connectivity index is 1.88. The van der Waals surface area contributed by atoms with E-state index in [4.69, 9.17) is 0 Å². The van der Waals surface area contributed by atoms with Crippen LogP contribution in [0.5, 0.6) is 0 Å². The van der Waals surface area contributed by atoms with Crippen molar-refractivity contribution < 1.29 is 19.1 Å². The van der Waals surface area contributed by atoms with Crippen molar-refractivity contribution >= 4 is 11.9 Å². The number of carbonyl (C=O) groups excluding carboxylic acids is 1. The zero-order chi connectivity index (χ0) is 18.0. The Bertz CT molecular complexity index is 785. The number of aliphatic carboxylic acids is 1. The Morgan fingerprint density at radius 2 is 2.04 bits per heavy atom. The van der Waals surface area contributed by atoms with Gasteiger partial charge >= 0.3 is 5.97 Å². The van der Waals surface area contributed by atoms with Crippen LogP contribution in [0, 0.1) is 11.7 Å². The van der Waals surface area contributed by atoms with Crippen molar-refractivity contribution in [3.63, 3.8) is 0 Å². The van der Waals surface area contributed by atoms with E-state index in [-0.39, 0.29) is 18.3 Å². The number of carbonyl (C=O) groups is 2. The number of hydrogen-bond acceptors (Lipinski definition) is 3. The lowest BCUT2D eigenvalue weighted by atomic mass is 9.97. The van der Waals surface area contributed by atoms with Crippen molar-refractivity contribution in [2.75, 3.05) is 13.1 Å². The smallest absolute Gasteiger partial charge is 0.308 e. The summed E-state index contributed by atoms with van der Waals surface area (Å²) in [5.74, 6) is -1.92. The molecule has 0 saturated carbocycles. The summed E-state index contributed by atoms with van der Waals surface area (Å²) in [6, 6.07) is 5.91. The number of hydrogen-bond donors (Lipinski definition) is 1. The first-order valence-electron chi connectivity index (χ1n) is 8.36. The number of rotatable bonds is 4. The molecule has 1 atom stereocenters. The highest BCUT2D eigenvalue weighted by Crippen LogP contribution is 2.22. The molecule has 1 N–H and O–H groups in total. The van der Waals surface area contributed by atoms with Crippen LogP contribution < -0.4 is 0 Å². The van der Waals surface area contributed by atoms with E-state index in [2.05, 4.69) is 5.10 Å². The number of carboxylic acid groups (broad SMARTS) is 1. The largest absolute Gasteiger partial charge is 0.481 e. The highest BCUT2D eigenvalue weighted by atomic mass is 19.1. The number of benzene rings is 1. The van der Waals surface area contributed by atoms with Crippen LogP contribution in [0.15, 0.2) is 30.5 Å². The average Bonchev–Trinajstić information content (AvgIpc) is 3.05. The molecule has 1 aromatic heterocycles. The van der Waals surface area contributed by atoms with Crippen LogP contribution >= 0.6 is 0 Å². The van der Waals surface area contributed by atoms with Gasteiger partial charge in [-0.05, 0) is 43.5 Å². The van der Waals surface area contributed by atoms with E-state index in [1.807, 2.05) is 6.92 Å². The molecule has 7 heteroatoms. The molecule has 6 nitrogen and oxygen atoms in total. The Morgan fingerprint density at radius 3 is 2.68 bits per heavy atom. The van der Waals surface area contributed by atoms with Crippen LogP contribution in [0.3, 0.4) is 0 Å². The lowest BCUT2D eigenvalue weighted by molar-refractivity contribution is -0.143. The molecule has 3 rings (SSSR count). The standard InChI is InChI=1S/C18H20FN3O3/c1-2-16-15(10-20-22(16)14-7-5-13(19)6-8-14)17(23)21-9-3-4-12(11-21)18(24)25/h5-8,10,12H,2-4,9,11H2,1H3,(H,24,25)/t12-/m0/s1. The first kappa shape index (κ1) is 17.1. The molecular weight excluding hydrogens is 325 g/mol. The number of carboxylic acids is 1. The van der Waals surface area contributed by atoms with Crippen LogP contribution in [0.1, 0.15) is 35.8 Å². The molecule has 0 aliphatic carbocycles. The first-order valence-corrected chi connectivity index (χ1v) is 8.36. The van der Waals surface area contributed by atoms with Crippen molar-refractivity contribution in [1.82, 2.24) is 14.7 Å². The molecule has 1 saturated heterocycles. The number of piperidine rings is 1. The predicted octanol–water partition coefficient (Wildman–Crippen LogP) is 2.51. The van der Waals surface area contributed by atoms with Crippen LogP contribution in [-0.4, -0.2) is 44.8 Å². The van der Waals surface area contributed by atoms with Gasteiger partial charge in [-0.15, -0.1) is 0 Å². The third kappa shape index (κ3) is 3.40. The molecule has 132 valence electrons. The van der Waals surface area contributed by atoms with Gasteiger partial charge in [0.25, 0.3) is 5.91 Å². The minimum Gasteiger partial charge on any atom is -0.481 e. The fourth-order valence-electron chi connectivity index (χ4n) is 3.23. The summed E-state index contributed by atoms with van der Waals surface area (Å²) in [7, 11) is 0. The van der Waals surface area contributed by atoms with Crippen LogP contribution in [0.2, 0.25) is 0 Å². The van der Waals surface area contributed by atoms with Crippen LogP contribution in [0.25, 0.3) is 5.69 Å². The number of halogens is 1. The molecule has 2 aromatic rings. The summed E-state index contributed by atoms with van der Waals surface area (Å²) < 4.78 is 14.8. The van der Waals surface area contributed by atoms with Crippen molar-refractivity contribution in [2.45, 2.75) is 26.2 Å². The normalized spacial score (nSPS) is 17.5. The second-order valence-electron chi connectivity index (χ2n) is 6.18. The first-order chi connectivity index (χ1) is 12.0. The van der Waals surface area contributed by atoms with E-state index in [0.29, 0.717) is 37.1 Å². The topological polar surface area (TPSA) is 75.4 Å². The lowest BCUT2D eigenvalue weighted by Crippen LogP contribution is -2.42. The van der Waals surface area contributed by atoms with Crippen LogP contribution in [-0.2, 0) is 11.2 Å².